The molecule has 0 rings (SSSR count). The van der Waals surface area contributed by atoms with E-state index in [0.717, 1.165) is 38.8 Å². The number of unbranched alkanes of at least 4 members (excludes halogenated alkanes) is 2. The van der Waals surface area contributed by atoms with Crippen molar-refractivity contribution in [2.24, 2.45) is 0 Å². The van der Waals surface area contributed by atoms with Crippen LogP contribution in [-0.2, 0) is 14.0 Å². The summed E-state index contributed by atoms with van der Waals surface area (Å²) in [6.45, 7) is 11.5. The first kappa shape index (κ1) is 18.9. The fraction of sp³-hybridized carbons (Fsp3) is 0.733. The molecule has 0 aliphatic carbocycles. The number of nitrogens with zero attached hydrogens (tertiary/aromatic N) is 1. The summed E-state index contributed by atoms with van der Waals surface area (Å²) in [7, 11) is -1.89. The molecule has 0 aromatic heterocycles. The Kier molecular flexibility index (Phi) is 9.21. The molecule has 0 saturated carbocycles. The van der Waals surface area contributed by atoms with E-state index in [1.807, 2.05) is 24.5 Å². The molecule has 20 heavy (non-hydrogen) atoms. The van der Waals surface area contributed by atoms with Crippen molar-refractivity contribution in [2.45, 2.75) is 59.2 Å². The fourth-order valence-corrected chi connectivity index (χ4v) is 2.28. The standard InChI is InChI=1S/C15H29NO3Si/c1-6-8-12-16(13-9-7-2)14(17)10-11-15(18)19-20(3,4)5/h10-11H,6-9,12-13H2,1-5H3. The molecule has 0 aromatic carbocycles. The molecule has 0 radical (unpaired) electrons. The minimum absolute atomic E-state index is 0.0978. The maximum atomic E-state index is 12.1. The van der Waals surface area contributed by atoms with Crippen LogP contribution in [0.4, 0.5) is 0 Å². The average molecular weight is 299 g/mol. The van der Waals surface area contributed by atoms with E-state index in [1.165, 1.54) is 12.2 Å². The summed E-state index contributed by atoms with van der Waals surface area (Å²) in [5.74, 6) is -0.511. The number of carbonyl (C=O) groups is 2. The van der Waals surface area contributed by atoms with Gasteiger partial charge in [-0.15, -0.1) is 0 Å². The summed E-state index contributed by atoms with van der Waals surface area (Å²) in [5, 5.41) is 0. The zero-order valence-electron chi connectivity index (χ0n) is 13.6. The first-order valence-electron chi connectivity index (χ1n) is 7.50. The molecule has 116 valence electrons. The lowest BCUT2D eigenvalue weighted by Gasteiger charge is -2.21. The lowest BCUT2D eigenvalue weighted by molar-refractivity contribution is -0.131. The lowest BCUT2D eigenvalue weighted by Crippen LogP contribution is -2.32. The summed E-state index contributed by atoms with van der Waals surface area (Å²) in [4.78, 5) is 25.4. The maximum Gasteiger partial charge on any atom is 0.317 e. The second kappa shape index (κ2) is 9.75. The molecule has 5 heteroatoms. The van der Waals surface area contributed by atoms with Crippen LogP contribution in [0.25, 0.3) is 0 Å². The van der Waals surface area contributed by atoms with Crippen LogP contribution in [-0.4, -0.2) is 38.2 Å². The molecule has 0 fully saturated rings. The molecule has 0 saturated heterocycles. The van der Waals surface area contributed by atoms with Gasteiger partial charge in [-0.3, -0.25) is 4.79 Å². The van der Waals surface area contributed by atoms with Gasteiger partial charge in [0.2, 0.25) is 14.2 Å². The van der Waals surface area contributed by atoms with Gasteiger partial charge < -0.3 is 9.33 Å². The summed E-state index contributed by atoms with van der Waals surface area (Å²) in [6.07, 6.45) is 6.68. The van der Waals surface area contributed by atoms with E-state index in [-0.39, 0.29) is 5.91 Å². The minimum atomic E-state index is -1.89. The third kappa shape index (κ3) is 9.78. The Bertz CT molecular complexity index is 327. The predicted molar refractivity (Wildman–Crippen MR) is 85.0 cm³/mol. The smallest absolute Gasteiger partial charge is 0.317 e. The van der Waals surface area contributed by atoms with Gasteiger partial charge in [0.1, 0.15) is 0 Å². The molecule has 0 aliphatic heterocycles. The Balaban J connectivity index is 4.45. The summed E-state index contributed by atoms with van der Waals surface area (Å²) < 4.78 is 5.27. The Morgan fingerprint density at radius 1 is 1.00 bits per heavy atom. The monoisotopic (exact) mass is 299 g/mol. The van der Waals surface area contributed by atoms with Crippen LogP contribution in [0.2, 0.25) is 19.6 Å². The third-order valence-corrected chi connectivity index (χ3v) is 3.46. The van der Waals surface area contributed by atoms with Crippen molar-refractivity contribution >= 4 is 20.2 Å². The van der Waals surface area contributed by atoms with E-state index in [9.17, 15) is 9.59 Å². The van der Waals surface area contributed by atoms with Crippen molar-refractivity contribution in [3.8, 4) is 0 Å². The van der Waals surface area contributed by atoms with Crippen molar-refractivity contribution in [2.75, 3.05) is 13.1 Å². The Labute approximate surface area is 124 Å². The number of hydrogen-bond acceptors (Lipinski definition) is 3. The molecule has 0 aliphatic rings. The van der Waals surface area contributed by atoms with Crippen molar-refractivity contribution in [1.29, 1.82) is 0 Å². The van der Waals surface area contributed by atoms with Crippen molar-refractivity contribution in [3.05, 3.63) is 12.2 Å². The van der Waals surface area contributed by atoms with Crippen LogP contribution in [0, 0.1) is 0 Å². The second-order valence-corrected chi connectivity index (χ2v) is 10.3. The molecule has 0 atom stereocenters. The average Bonchev–Trinajstić information content (AvgIpc) is 2.34. The van der Waals surface area contributed by atoms with Gasteiger partial charge in [0.25, 0.3) is 0 Å². The topological polar surface area (TPSA) is 46.6 Å². The molecule has 0 bridgehead atoms. The summed E-state index contributed by atoms with van der Waals surface area (Å²) in [6, 6.07) is 0. The quantitative estimate of drug-likeness (QED) is 0.484. The van der Waals surface area contributed by atoms with Crippen LogP contribution in [0.1, 0.15) is 39.5 Å². The predicted octanol–water partition coefficient (Wildman–Crippen LogP) is 3.35. The maximum absolute atomic E-state index is 12.1. The normalized spacial score (nSPS) is 11.7. The minimum Gasteiger partial charge on any atom is -0.517 e. The van der Waals surface area contributed by atoms with Gasteiger partial charge in [0, 0.05) is 25.2 Å². The number of amides is 1. The molecule has 0 unspecified atom stereocenters. The lowest BCUT2D eigenvalue weighted by atomic mass is 10.2. The Morgan fingerprint density at radius 3 is 1.90 bits per heavy atom. The molecule has 0 heterocycles. The molecule has 0 N–H and O–H groups in total. The summed E-state index contributed by atoms with van der Waals surface area (Å²) in [5.41, 5.74) is 0. The van der Waals surface area contributed by atoms with E-state index >= 15 is 0 Å². The van der Waals surface area contributed by atoms with E-state index in [2.05, 4.69) is 13.8 Å². The molecular weight excluding hydrogens is 270 g/mol. The van der Waals surface area contributed by atoms with E-state index < -0.39 is 14.3 Å². The van der Waals surface area contributed by atoms with Gasteiger partial charge in [-0.1, -0.05) is 26.7 Å². The first-order valence-corrected chi connectivity index (χ1v) is 10.9. The highest BCUT2D eigenvalue weighted by molar-refractivity contribution is 6.71. The van der Waals surface area contributed by atoms with Gasteiger partial charge in [-0.05, 0) is 32.5 Å². The SMILES string of the molecule is CCCCN(CCCC)C(=O)C=CC(=O)O[Si](C)(C)C. The molecule has 0 spiro atoms. The third-order valence-electron chi connectivity index (χ3n) is 2.64. The van der Waals surface area contributed by atoms with Crippen LogP contribution in [0.5, 0.6) is 0 Å². The fourth-order valence-electron chi connectivity index (χ4n) is 1.61. The largest absolute Gasteiger partial charge is 0.517 e. The summed E-state index contributed by atoms with van der Waals surface area (Å²) >= 11 is 0. The zero-order chi connectivity index (χ0) is 15.6. The molecule has 1 amide bonds. The van der Waals surface area contributed by atoms with E-state index in [1.54, 1.807) is 0 Å². The highest BCUT2D eigenvalue weighted by Gasteiger charge is 2.18. The van der Waals surface area contributed by atoms with Gasteiger partial charge in [0.05, 0.1) is 0 Å². The van der Waals surface area contributed by atoms with Crippen LogP contribution in [0.3, 0.4) is 0 Å². The molecule has 0 aromatic rings. The van der Waals surface area contributed by atoms with E-state index in [0.29, 0.717) is 0 Å². The molecule has 4 nitrogen and oxygen atoms in total. The van der Waals surface area contributed by atoms with Crippen molar-refractivity contribution < 1.29 is 14.0 Å². The van der Waals surface area contributed by atoms with Crippen LogP contribution in [0.15, 0.2) is 12.2 Å². The van der Waals surface area contributed by atoms with Gasteiger partial charge in [-0.25, -0.2) is 4.79 Å². The first-order chi connectivity index (χ1) is 9.30. The Hall–Kier alpha value is -1.10. The number of hydrogen-bond donors (Lipinski definition) is 0. The van der Waals surface area contributed by atoms with Crippen LogP contribution < -0.4 is 0 Å². The molecular formula is C15H29NO3Si. The van der Waals surface area contributed by atoms with E-state index in [4.69, 9.17) is 4.43 Å². The van der Waals surface area contributed by atoms with Crippen molar-refractivity contribution in [1.82, 2.24) is 4.90 Å². The number of carbonyl (C=O) groups excluding carboxylic acids is 2. The van der Waals surface area contributed by atoms with Gasteiger partial charge in [0.15, 0.2) is 0 Å². The highest BCUT2D eigenvalue weighted by atomic mass is 28.4. The highest BCUT2D eigenvalue weighted by Crippen LogP contribution is 2.04. The van der Waals surface area contributed by atoms with Crippen molar-refractivity contribution in [3.63, 3.8) is 0 Å². The Morgan fingerprint density at radius 2 is 1.50 bits per heavy atom. The van der Waals surface area contributed by atoms with Gasteiger partial charge in [-0.2, -0.15) is 0 Å². The van der Waals surface area contributed by atoms with Crippen LogP contribution >= 0.6 is 0 Å². The second-order valence-electron chi connectivity index (χ2n) is 5.90. The zero-order valence-corrected chi connectivity index (χ0v) is 14.6. The number of rotatable bonds is 9. The van der Waals surface area contributed by atoms with Gasteiger partial charge >= 0.3 is 5.97 Å².